The molecule has 1 amide bonds. The quantitative estimate of drug-likeness (QED) is 0.763. The second kappa shape index (κ2) is 6.75. The number of benzene rings is 1. The van der Waals surface area contributed by atoms with E-state index in [1.165, 1.54) is 17.4 Å². The van der Waals surface area contributed by atoms with Crippen LogP contribution >= 0.6 is 0 Å². The van der Waals surface area contributed by atoms with E-state index in [2.05, 4.69) is 35.8 Å². The maximum atomic E-state index is 11.6. The van der Waals surface area contributed by atoms with E-state index in [4.69, 9.17) is 4.42 Å². The maximum Gasteiger partial charge on any atom is 0.287 e. The Morgan fingerprint density at radius 3 is 2.84 bits per heavy atom. The van der Waals surface area contributed by atoms with Gasteiger partial charge in [0.05, 0.1) is 19.4 Å². The molecule has 4 nitrogen and oxygen atoms in total. The zero-order chi connectivity index (χ0) is 13.5. The molecule has 3 N–H and O–H groups in total. The van der Waals surface area contributed by atoms with Crippen molar-refractivity contribution >= 4 is 5.91 Å². The predicted molar refractivity (Wildman–Crippen MR) is 72.7 cm³/mol. The van der Waals surface area contributed by atoms with Crippen LogP contribution in [-0.4, -0.2) is 19.0 Å². The van der Waals surface area contributed by atoms with Gasteiger partial charge in [-0.25, -0.2) is 0 Å². The number of hydrogen-bond acceptors (Lipinski definition) is 2. The van der Waals surface area contributed by atoms with Crippen molar-refractivity contribution in [1.29, 1.82) is 0 Å². The summed E-state index contributed by atoms with van der Waals surface area (Å²) in [5, 5.41) is 5.01. The Morgan fingerprint density at radius 1 is 1.26 bits per heavy atom. The first kappa shape index (κ1) is 13.4. The standard InChI is InChI=1S/C15H18N2O2/c1-12-5-2-3-6-13(12)11-16-8-9-17-15(18)14-7-4-10-19-14/h2-7,10,16H,8-9,11H2,1H3,(H,17,18)/p+1. The van der Waals surface area contributed by atoms with Crippen molar-refractivity contribution in [2.45, 2.75) is 13.5 Å². The minimum Gasteiger partial charge on any atom is -0.459 e. The Labute approximate surface area is 112 Å². The van der Waals surface area contributed by atoms with Gasteiger partial charge < -0.3 is 15.1 Å². The van der Waals surface area contributed by atoms with Crippen molar-refractivity contribution in [3.63, 3.8) is 0 Å². The van der Waals surface area contributed by atoms with Gasteiger partial charge in [-0.1, -0.05) is 24.3 Å². The predicted octanol–water partition coefficient (Wildman–Crippen LogP) is 1.08. The summed E-state index contributed by atoms with van der Waals surface area (Å²) in [6.07, 6.45) is 1.50. The molecule has 1 heterocycles. The Hall–Kier alpha value is -2.07. The molecule has 19 heavy (non-hydrogen) atoms. The second-order valence-electron chi connectivity index (χ2n) is 4.44. The molecule has 0 unspecified atom stereocenters. The molecule has 0 aliphatic heterocycles. The summed E-state index contributed by atoms with van der Waals surface area (Å²) in [6.45, 7) is 4.53. The van der Waals surface area contributed by atoms with Crippen LogP contribution in [0.3, 0.4) is 0 Å². The second-order valence-corrected chi connectivity index (χ2v) is 4.44. The molecule has 0 radical (unpaired) electrons. The Kier molecular flexibility index (Phi) is 4.75. The fourth-order valence-electron chi connectivity index (χ4n) is 1.88. The summed E-state index contributed by atoms with van der Waals surface area (Å²) in [4.78, 5) is 11.6. The normalized spacial score (nSPS) is 10.4. The van der Waals surface area contributed by atoms with E-state index >= 15 is 0 Å². The lowest BCUT2D eigenvalue weighted by Crippen LogP contribution is -2.84. The van der Waals surface area contributed by atoms with Crippen molar-refractivity contribution in [3.8, 4) is 0 Å². The third-order valence-electron chi connectivity index (χ3n) is 3.00. The van der Waals surface area contributed by atoms with Crippen molar-refractivity contribution in [3.05, 3.63) is 59.5 Å². The van der Waals surface area contributed by atoms with E-state index in [0.717, 1.165) is 13.1 Å². The van der Waals surface area contributed by atoms with Gasteiger partial charge in [0, 0.05) is 5.56 Å². The van der Waals surface area contributed by atoms with Crippen LogP contribution in [0, 0.1) is 6.92 Å². The van der Waals surface area contributed by atoms with Gasteiger partial charge in [-0.15, -0.1) is 0 Å². The molecule has 0 saturated carbocycles. The molecular formula is C15H19N2O2+. The monoisotopic (exact) mass is 259 g/mol. The summed E-state index contributed by atoms with van der Waals surface area (Å²) < 4.78 is 5.02. The molecular weight excluding hydrogens is 240 g/mol. The van der Waals surface area contributed by atoms with Crippen molar-refractivity contribution in [1.82, 2.24) is 5.32 Å². The maximum absolute atomic E-state index is 11.6. The largest absolute Gasteiger partial charge is 0.459 e. The van der Waals surface area contributed by atoms with Crippen molar-refractivity contribution in [2.75, 3.05) is 13.1 Å². The highest BCUT2D eigenvalue weighted by atomic mass is 16.3. The van der Waals surface area contributed by atoms with E-state index in [1.54, 1.807) is 12.1 Å². The van der Waals surface area contributed by atoms with Crippen LogP contribution in [-0.2, 0) is 6.54 Å². The third kappa shape index (κ3) is 3.96. The number of nitrogens with one attached hydrogen (secondary N) is 1. The molecule has 0 saturated heterocycles. The minimum absolute atomic E-state index is 0.158. The highest BCUT2D eigenvalue weighted by Gasteiger charge is 2.07. The number of hydrogen-bond donors (Lipinski definition) is 2. The first-order valence-electron chi connectivity index (χ1n) is 6.45. The van der Waals surface area contributed by atoms with Crippen LogP contribution in [0.5, 0.6) is 0 Å². The van der Waals surface area contributed by atoms with Crippen LogP contribution in [0.4, 0.5) is 0 Å². The van der Waals surface area contributed by atoms with Crippen LogP contribution in [0.1, 0.15) is 21.7 Å². The average molecular weight is 259 g/mol. The van der Waals surface area contributed by atoms with Gasteiger partial charge in [0.25, 0.3) is 5.91 Å². The number of quaternary nitrogens is 1. The number of nitrogens with two attached hydrogens (primary N) is 1. The highest BCUT2D eigenvalue weighted by Crippen LogP contribution is 2.04. The van der Waals surface area contributed by atoms with Gasteiger partial charge in [-0.05, 0) is 24.6 Å². The summed E-state index contributed by atoms with van der Waals surface area (Å²) in [7, 11) is 0. The number of carbonyl (C=O) groups excluding carboxylic acids is 1. The number of carbonyl (C=O) groups is 1. The third-order valence-corrected chi connectivity index (χ3v) is 3.00. The number of furan rings is 1. The fourth-order valence-corrected chi connectivity index (χ4v) is 1.88. The van der Waals surface area contributed by atoms with E-state index in [1.807, 2.05) is 6.07 Å². The Balaban J connectivity index is 1.65. The molecule has 0 bridgehead atoms. The smallest absolute Gasteiger partial charge is 0.287 e. The fraction of sp³-hybridized carbons (Fsp3) is 0.267. The van der Waals surface area contributed by atoms with Gasteiger partial charge in [0.1, 0.15) is 6.54 Å². The zero-order valence-electron chi connectivity index (χ0n) is 11.1. The van der Waals surface area contributed by atoms with Gasteiger partial charge in [0.2, 0.25) is 0 Å². The van der Waals surface area contributed by atoms with Gasteiger partial charge in [0.15, 0.2) is 5.76 Å². The molecule has 100 valence electrons. The van der Waals surface area contributed by atoms with E-state index in [9.17, 15) is 4.79 Å². The first-order chi connectivity index (χ1) is 9.27. The van der Waals surface area contributed by atoms with E-state index < -0.39 is 0 Å². The number of amides is 1. The van der Waals surface area contributed by atoms with E-state index in [-0.39, 0.29) is 5.91 Å². The molecule has 0 aliphatic rings. The summed E-state index contributed by atoms with van der Waals surface area (Å²) >= 11 is 0. The summed E-state index contributed by atoms with van der Waals surface area (Å²) in [5.41, 5.74) is 2.64. The lowest BCUT2D eigenvalue weighted by Gasteiger charge is -2.05. The molecule has 0 fully saturated rings. The van der Waals surface area contributed by atoms with Crippen LogP contribution in [0.25, 0.3) is 0 Å². The minimum atomic E-state index is -0.158. The van der Waals surface area contributed by atoms with E-state index in [0.29, 0.717) is 12.3 Å². The highest BCUT2D eigenvalue weighted by molar-refractivity contribution is 5.91. The van der Waals surface area contributed by atoms with Gasteiger partial charge in [-0.3, -0.25) is 4.79 Å². The molecule has 0 atom stereocenters. The zero-order valence-corrected chi connectivity index (χ0v) is 11.1. The molecule has 1 aromatic carbocycles. The van der Waals surface area contributed by atoms with Crippen LogP contribution in [0.15, 0.2) is 47.1 Å². The van der Waals surface area contributed by atoms with Gasteiger partial charge >= 0.3 is 0 Å². The Bertz CT molecular complexity index is 521. The SMILES string of the molecule is Cc1ccccc1C[NH2+]CCNC(=O)c1ccco1. The number of rotatable bonds is 6. The average Bonchev–Trinajstić information content (AvgIpc) is 2.94. The topological polar surface area (TPSA) is 58.9 Å². The summed E-state index contributed by atoms with van der Waals surface area (Å²) in [6, 6.07) is 11.7. The molecule has 4 heteroatoms. The van der Waals surface area contributed by atoms with Crippen LogP contribution < -0.4 is 10.6 Å². The molecule has 0 aliphatic carbocycles. The molecule has 0 spiro atoms. The first-order valence-corrected chi connectivity index (χ1v) is 6.45. The molecule has 2 aromatic rings. The molecule has 2 rings (SSSR count). The van der Waals surface area contributed by atoms with Crippen LogP contribution in [0.2, 0.25) is 0 Å². The lowest BCUT2D eigenvalue weighted by molar-refractivity contribution is -0.668. The summed E-state index contributed by atoms with van der Waals surface area (Å²) in [5.74, 6) is 0.202. The van der Waals surface area contributed by atoms with Crippen molar-refractivity contribution in [2.24, 2.45) is 0 Å². The number of aryl methyl sites for hydroxylation is 1. The van der Waals surface area contributed by atoms with Gasteiger partial charge in [-0.2, -0.15) is 0 Å². The Morgan fingerprint density at radius 2 is 2.11 bits per heavy atom. The molecule has 1 aromatic heterocycles. The lowest BCUT2D eigenvalue weighted by atomic mass is 10.1. The van der Waals surface area contributed by atoms with Crippen molar-refractivity contribution < 1.29 is 14.5 Å².